The number of piperazine rings is 1. The number of hydrogen-bond donors (Lipinski definition) is 1. The zero-order valence-electron chi connectivity index (χ0n) is 12.3. The molecule has 1 fully saturated rings. The Kier molecular flexibility index (Phi) is 5.79. The van der Waals surface area contributed by atoms with Crippen LogP contribution < -0.4 is 0 Å². The van der Waals surface area contributed by atoms with Gasteiger partial charge in [-0.15, -0.1) is 0 Å². The molecule has 7 heteroatoms. The minimum atomic E-state index is -1.11. The van der Waals surface area contributed by atoms with Crippen molar-refractivity contribution >= 4 is 17.9 Å². The topological polar surface area (TPSA) is 81.2 Å². The highest BCUT2D eigenvalue weighted by atomic mass is 16.4. The summed E-state index contributed by atoms with van der Waals surface area (Å²) in [5.74, 6) is -2.52. The maximum Gasteiger partial charge on any atom is 0.320 e. The Labute approximate surface area is 119 Å². The Bertz CT molecular complexity index is 374. The predicted octanol–water partition coefficient (Wildman–Crippen LogP) is 0.313. The summed E-state index contributed by atoms with van der Waals surface area (Å²) < 4.78 is 0. The first-order valence-electron chi connectivity index (χ1n) is 6.97. The summed E-state index contributed by atoms with van der Waals surface area (Å²) in [6.45, 7) is 8.24. The smallest absolute Gasteiger partial charge is 0.320 e. The molecule has 3 amide bonds. The first-order chi connectivity index (χ1) is 9.42. The zero-order valence-corrected chi connectivity index (χ0v) is 12.3. The monoisotopic (exact) mass is 285 g/mol. The number of carbonyl (C=O) groups excluding carboxylic acids is 2. The van der Waals surface area contributed by atoms with Crippen LogP contribution in [0.1, 0.15) is 20.8 Å². The molecule has 0 bridgehead atoms. The summed E-state index contributed by atoms with van der Waals surface area (Å²) in [5, 5.41) is 8.84. The standard InChI is InChI=1S/C13H23N3O4/c1-4-14(5-2)13(20)16-8-6-15(7-9-16)11(17)10(3)12(18)19/h10H,4-9H2,1-3H3,(H,18,19). The molecule has 1 saturated heterocycles. The highest BCUT2D eigenvalue weighted by molar-refractivity contribution is 5.96. The van der Waals surface area contributed by atoms with E-state index in [4.69, 9.17) is 5.11 Å². The molecule has 0 aromatic rings. The lowest BCUT2D eigenvalue weighted by molar-refractivity contribution is -0.151. The molecule has 20 heavy (non-hydrogen) atoms. The van der Waals surface area contributed by atoms with Crippen LogP contribution in [0, 0.1) is 5.92 Å². The van der Waals surface area contributed by atoms with Crippen LogP contribution in [0.2, 0.25) is 0 Å². The molecule has 0 aliphatic carbocycles. The molecular formula is C13H23N3O4. The largest absolute Gasteiger partial charge is 0.481 e. The summed E-state index contributed by atoms with van der Waals surface area (Å²) in [4.78, 5) is 39.8. The van der Waals surface area contributed by atoms with Gasteiger partial charge in [0, 0.05) is 39.3 Å². The van der Waals surface area contributed by atoms with E-state index in [1.807, 2.05) is 13.8 Å². The average Bonchev–Trinajstić information content (AvgIpc) is 2.46. The van der Waals surface area contributed by atoms with Crippen LogP contribution in [0.4, 0.5) is 4.79 Å². The highest BCUT2D eigenvalue weighted by Gasteiger charge is 2.30. The van der Waals surface area contributed by atoms with Crippen molar-refractivity contribution in [2.75, 3.05) is 39.3 Å². The third-order valence-electron chi connectivity index (χ3n) is 3.64. The van der Waals surface area contributed by atoms with Crippen molar-refractivity contribution in [2.45, 2.75) is 20.8 Å². The lowest BCUT2D eigenvalue weighted by Gasteiger charge is -2.37. The lowest BCUT2D eigenvalue weighted by Crippen LogP contribution is -2.55. The molecule has 0 radical (unpaired) electrons. The lowest BCUT2D eigenvalue weighted by atomic mass is 10.1. The van der Waals surface area contributed by atoms with Gasteiger partial charge < -0.3 is 19.8 Å². The van der Waals surface area contributed by atoms with Gasteiger partial charge in [0.15, 0.2) is 0 Å². The van der Waals surface area contributed by atoms with Gasteiger partial charge in [0.1, 0.15) is 5.92 Å². The van der Waals surface area contributed by atoms with E-state index >= 15 is 0 Å². The van der Waals surface area contributed by atoms with E-state index in [0.29, 0.717) is 39.3 Å². The molecule has 114 valence electrons. The fraction of sp³-hybridized carbons (Fsp3) is 0.769. The molecule has 1 N–H and O–H groups in total. The van der Waals surface area contributed by atoms with E-state index in [0.717, 1.165) is 0 Å². The van der Waals surface area contributed by atoms with Crippen molar-refractivity contribution in [2.24, 2.45) is 5.92 Å². The Balaban J connectivity index is 2.53. The fourth-order valence-electron chi connectivity index (χ4n) is 2.19. The number of hydrogen-bond acceptors (Lipinski definition) is 3. The van der Waals surface area contributed by atoms with E-state index in [2.05, 4.69) is 0 Å². The number of carbonyl (C=O) groups is 3. The third kappa shape index (κ3) is 3.61. The molecule has 0 saturated carbocycles. The average molecular weight is 285 g/mol. The number of urea groups is 1. The van der Waals surface area contributed by atoms with Crippen LogP contribution in [0.25, 0.3) is 0 Å². The highest BCUT2D eigenvalue weighted by Crippen LogP contribution is 2.09. The number of amides is 3. The number of nitrogens with zero attached hydrogens (tertiary/aromatic N) is 3. The number of aliphatic carboxylic acids is 1. The Morgan fingerprint density at radius 2 is 1.50 bits per heavy atom. The summed E-state index contributed by atoms with van der Waals surface area (Å²) in [6, 6.07) is -0.0200. The van der Waals surface area contributed by atoms with Crippen LogP contribution >= 0.6 is 0 Å². The van der Waals surface area contributed by atoms with Crippen LogP contribution in [0.15, 0.2) is 0 Å². The maximum absolute atomic E-state index is 12.1. The van der Waals surface area contributed by atoms with Crippen molar-refractivity contribution < 1.29 is 19.5 Å². The van der Waals surface area contributed by atoms with Crippen molar-refractivity contribution in [1.29, 1.82) is 0 Å². The molecule has 1 heterocycles. The van der Waals surface area contributed by atoms with Gasteiger partial charge >= 0.3 is 12.0 Å². The van der Waals surface area contributed by atoms with E-state index in [-0.39, 0.29) is 11.9 Å². The van der Waals surface area contributed by atoms with Gasteiger partial charge in [-0.25, -0.2) is 4.79 Å². The molecule has 1 aliphatic rings. The quantitative estimate of drug-likeness (QED) is 0.754. The second-order valence-electron chi connectivity index (χ2n) is 4.83. The van der Waals surface area contributed by atoms with E-state index < -0.39 is 11.9 Å². The van der Waals surface area contributed by atoms with E-state index in [9.17, 15) is 14.4 Å². The molecule has 1 aliphatic heterocycles. The number of rotatable bonds is 4. The van der Waals surface area contributed by atoms with Crippen LogP contribution in [0.5, 0.6) is 0 Å². The van der Waals surface area contributed by atoms with Crippen LogP contribution in [-0.2, 0) is 9.59 Å². The number of carboxylic acid groups (broad SMARTS) is 1. The summed E-state index contributed by atoms with van der Waals surface area (Å²) in [5.41, 5.74) is 0. The molecule has 1 unspecified atom stereocenters. The minimum absolute atomic E-state index is 0.0200. The molecule has 1 atom stereocenters. The summed E-state index contributed by atoms with van der Waals surface area (Å²) in [7, 11) is 0. The molecule has 7 nitrogen and oxygen atoms in total. The van der Waals surface area contributed by atoms with E-state index in [1.54, 1.807) is 9.80 Å². The van der Waals surface area contributed by atoms with Crippen molar-refractivity contribution in [3.8, 4) is 0 Å². The van der Waals surface area contributed by atoms with Crippen molar-refractivity contribution in [3.05, 3.63) is 0 Å². The predicted molar refractivity (Wildman–Crippen MR) is 73.3 cm³/mol. The van der Waals surface area contributed by atoms with Crippen LogP contribution in [-0.4, -0.2) is 77.0 Å². The van der Waals surface area contributed by atoms with Crippen molar-refractivity contribution in [1.82, 2.24) is 14.7 Å². The molecule has 0 aromatic carbocycles. The van der Waals surface area contributed by atoms with Gasteiger partial charge in [-0.3, -0.25) is 9.59 Å². The Morgan fingerprint density at radius 1 is 1.05 bits per heavy atom. The maximum atomic E-state index is 12.1. The van der Waals surface area contributed by atoms with Gasteiger partial charge in [-0.2, -0.15) is 0 Å². The van der Waals surface area contributed by atoms with E-state index in [1.165, 1.54) is 11.8 Å². The SMILES string of the molecule is CCN(CC)C(=O)N1CCN(C(=O)C(C)C(=O)O)CC1. The van der Waals surface area contributed by atoms with Gasteiger partial charge in [0.05, 0.1) is 0 Å². The van der Waals surface area contributed by atoms with Gasteiger partial charge in [0.25, 0.3) is 0 Å². The Morgan fingerprint density at radius 3 is 1.90 bits per heavy atom. The van der Waals surface area contributed by atoms with Gasteiger partial charge in [0.2, 0.25) is 5.91 Å². The normalized spacial score (nSPS) is 16.8. The fourth-order valence-corrected chi connectivity index (χ4v) is 2.19. The molecule has 1 rings (SSSR count). The van der Waals surface area contributed by atoms with Crippen LogP contribution in [0.3, 0.4) is 0 Å². The van der Waals surface area contributed by atoms with Crippen molar-refractivity contribution in [3.63, 3.8) is 0 Å². The molecule has 0 spiro atoms. The molecule has 0 aromatic heterocycles. The number of carboxylic acids is 1. The van der Waals surface area contributed by atoms with Gasteiger partial charge in [-0.05, 0) is 20.8 Å². The zero-order chi connectivity index (χ0) is 15.3. The summed E-state index contributed by atoms with van der Waals surface area (Å²) in [6.07, 6.45) is 0. The molecular weight excluding hydrogens is 262 g/mol. The third-order valence-corrected chi connectivity index (χ3v) is 3.64. The Hall–Kier alpha value is -1.79. The second-order valence-corrected chi connectivity index (χ2v) is 4.83. The first-order valence-corrected chi connectivity index (χ1v) is 6.97. The van der Waals surface area contributed by atoms with Gasteiger partial charge in [-0.1, -0.05) is 0 Å². The summed E-state index contributed by atoms with van der Waals surface area (Å²) >= 11 is 0. The first kappa shape index (κ1) is 16.3. The second kappa shape index (κ2) is 7.12. The minimum Gasteiger partial charge on any atom is -0.481 e.